The van der Waals surface area contributed by atoms with E-state index < -0.39 is 0 Å². The summed E-state index contributed by atoms with van der Waals surface area (Å²) in [4.78, 5) is 4.04. The van der Waals surface area contributed by atoms with Crippen molar-refractivity contribution in [2.24, 2.45) is 0 Å². The first kappa shape index (κ1) is 10.7. The van der Waals surface area contributed by atoms with Crippen molar-refractivity contribution in [2.75, 3.05) is 0 Å². The van der Waals surface area contributed by atoms with E-state index in [0.717, 1.165) is 11.5 Å². The van der Waals surface area contributed by atoms with E-state index in [1.807, 2.05) is 20.8 Å². The van der Waals surface area contributed by atoms with Gasteiger partial charge in [0, 0.05) is 5.33 Å². The lowest BCUT2D eigenvalue weighted by molar-refractivity contribution is -0.0226. The maximum Gasteiger partial charge on any atom is 0.181 e. The average Bonchev–Trinajstić information content (AvgIpc) is 2.46. The molecule has 13 heavy (non-hydrogen) atoms. The lowest BCUT2D eigenvalue weighted by atomic mass is 10.2. The molecular formula is C9H14BrNO2. The van der Waals surface area contributed by atoms with Crippen LogP contribution in [0.5, 0.6) is 0 Å². The van der Waals surface area contributed by atoms with Gasteiger partial charge < -0.3 is 9.15 Å². The van der Waals surface area contributed by atoms with Gasteiger partial charge in [0.15, 0.2) is 12.2 Å². The van der Waals surface area contributed by atoms with Crippen LogP contribution in [-0.4, -0.2) is 10.6 Å². The van der Waals surface area contributed by atoms with Crippen LogP contribution in [-0.2, 0) is 16.7 Å². The zero-order valence-electron chi connectivity index (χ0n) is 8.13. The number of hydrogen-bond acceptors (Lipinski definition) is 3. The van der Waals surface area contributed by atoms with Crippen LogP contribution in [0.25, 0.3) is 0 Å². The van der Waals surface area contributed by atoms with Crippen LogP contribution in [0.1, 0.15) is 32.2 Å². The number of hydrogen-bond donors (Lipinski definition) is 0. The molecule has 0 amide bonds. The standard InChI is InChI=1S/C9H14BrNO2/c1-9(2,3)13-5-8-7(4-10)11-6-12-8/h6H,4-5H2,1-3H3. The molecule has 4 heteroatoms. The minimum Gasteiger partial charge on any atom is -0.446 e. The van der Waals surface area contributed by atoms with Gasteiger partial charge in [0.2, 0.25) is 0 Å². The van der Waals surface area contributed by atoms with Crippen LogP contribution >= 0.6 is 15.9 Å². The van der Waals surface area contributed by atoms with E-state index in [1.54, 1.807) is 0 Å². The third-order valence-electron chi connectivity index (χ3n) is 1.49. The van der Waals surface area contributed by atoms with Gasteiger partial charge in [-0.3, -0.25) is 0 Å². The second kappa shape index (κ2) is 4.24. The number of aromatic nitrogens is 1. The summed E-state index contributed by atoms with van der Waals surface area (Å²) in [7, 11) is 0. The van der Waals surface area contributed by atoms with Crippen LogP contribution < -0.4 is 0 Å². The smallest absolute Gasteiger partial charge is 0.181 e. The predicted octanol–water partition coefficient (Wildman–Crippen LogP) is 2.88. The molecule has 0 saturated heterocycles. The van der Waals surface area contributed by atoms with Crippen molar-refractivity contribution < 1.29 is 9.15 Å². The first-order valence-electron chi connectivity index (χ1n) is 4.14. The molecular weight excluding hydrogens is 234 g/mol. The number of halogens is 1. The van der Waals surface area contributed by atoms with Crippen molar-refractivity contribution in [1.29, 1.82) is 0 Å². The van der Waals surface area contributed by atoms with Gasteiger partial charge in [-0.1, -0.05) is 15.9 Å². The number of oxazole rings is 1. The van der Waals surface area contributed by atoms with Crippen LogP contribution in [0.15, 0.2) is 10.8 Å². The molecule has 1 aromatic heterocycles. The van der Waals surface area contributed by atoms with Crippen LogP contribution in [0, 0.1) is 0 Å². The molecule has 0 bridgehead atoms. The highest BCUT2D eigenvalue weighted by atomic mass is 79.9. The minimum absolute atomic E-state index is 0.142. The SMILES string of the molecule is CC(C)(C)OCc1ocnc1CBr. The summed E-state index contributed by atoms with van der Waals surface area (Å²) >= 11 is 3.33. The Kier molecular flexibility index (Phi) is 3.50. The van der Waals surface area contributed by atoms with Gasteiger partial charge in [-0.2, -0.15) is 0 Å². The molecule has 0 N–H and O–H groups in total. The highest BCUT2D eigenvalue weighted by Gasteiger charge is 2.13. The maximum atomic E-state index is 5.56. The fourth-order valence-electron chi connectivity index (χ4n) is 0.802. The summed E-state index contributed by atoms with van der Waals surface area (Å²) in [5.74, 6) is 0.798. The highest BCUT2D eigenvalue weighted by molar-refractivity contribution is 9.08. The molecule has 0 spiro atoms. The van der Waals surface area contributed by atoms with Crippen LogP contribution in [0.2, 0.25) is 0 Å². The number of rotatable bonds is 3. The minimum atomic E-state index is -0.142. The number of nitrogens with zero attached hydrogens (tertiary/aromatic N) is 1. The van der Waals surface area contributed by atoms with E-state index in [0.29, 0.717) is 11.9 Å². The molecule has 1 heterocycles. The zero-order chi connectivity index (χ0) is 9.90. The molecule has 0 atom stereocenters. The second-order valence-electron chi connectivity index (χ2n) is 3.76. The van der Waals surface area contributed by atoms with Crippen molar-refractivity contribution >= 4 is 15.9 Å². The Bertz CT molecular complexity index is 265. The second-order valence-corrected chi connectivity index (χ2v) is 4.32. The Balaban J connectivity index is 2.54. The molecule has 0 aliphatic heterocycles. The van der Waals surface area contributed by atoms with Crippen molar-refractivity contribution in [2.45, 2.75) is 38.3 Å². The lowest BCUT2D eigenvalue weighted by Gasteiger charge is -2.18. The Labute approximate surface area is 86.6 Å². The molecule has 0 aromatic carbocycles. The summed E-state index contributed by atoms with van der Waals surface area (Å²) in [6.45, 7) is 6.51. The van der Waals surface area contributed by atoms with Gasteiger partial charge in [-0.15, -0.1) is 0 Å². The molecule has 1 aromatic rings. The average molecular weight is 248 g/mol. The summed E-state index contributed by atoms with van der Waals surface area (Å²) in [6.07, 6.45) is 1.44. The maximum absolute atomic E-state index is 5.56. The van der Waals surface area contributed by atoms with Gasteiger partial charge >= 0.3 is 0 Å². The van der Waals surface area contributed by atoms with Gasteiger partial charge in [-0.05, 0) is 20.8 Å². The Morgan fingerprint density at radius 3 is 2.77 bits per heavy atom. The van der Waals surface area contributed by atoms with Crippen molar-refractivity contribution in [3.05, 3.63) is 17.8 Å². The van der Waals surface area contributed by atoms with E-state index >= 15 is 0 Å². The first-order chi connectivity index (χ1) is 6.03. The number of alkyl halides is 1. The fraction of sp³-hybridized carbons (Fsp3) is 0.667. The molecule has 1 rings (SSSR count). The molecule has 0 aliphatic rings. The van der Waals surface area contributed by atoms with Crippen molar-refractivity contribution in [3.8, 4) is 0 Å². The van der Waals surface area contributed by atoms with Crippen molar-refractivity contribution in [1.82, 2.24) is 4.98 Å². The monoisotopic (exact) mass is 247 g/mol. The third kappa shape index (κ3) is 3.48. The highest BCUT2D eigenvalue weighted by Crippen LogP contribution is 2.15. The van der Waals surface area contributed by atoms with Crippen LogP contribution in [0.3, 0.4) is 0 Å². The van der Waals surface area contributed by atoms with E-state index in [-0.39, 0.29) is 5.60 Å². The zero-order valence-corrected chi connectivity index (χ0v) is 9.72. The molecule has 0 aliphatic carbocycles. The van der Waals surface area contributed by atoms with Gasteiger partial charge in [-0.25, -0.2) is 4.98 Å². The first-order valence-corrected chi connectivity index (χ1v) is 5.26. The van der Waals surface area contributed by atoms with Gasteiger partial charge in [0.05, 0.1) is 11.3 Å². The summed E-state index contributed by atoms with van der Waals surface area (Å²) in [6, 6.07) is 0. The summed E-state index contributed by atoms with van der Waals surface area (Å²) in [5.41, 5.74) is 0.764. The van der Waals surface area contributed by atoms with Crippen LogP contribution in [0.4, 0.5) is 0 Å². The quantitative estimate of drug-likeness (QED) is 0.771. The number of ether oxygens (including phenoxy) is 1. The van der Waals surface area contributed by atoms with E-state index in [1.165, 1.54) is 6.39 Å². The molecule has 74 valence electrons. The normalized spacial score (nSPS) is 12.0. The Morgan fingerprint density at radius 2 is 2.23 bits per heavy atom. The lowest BCUT2D eigenvalue weighted by Crippen LogP contribution is -2.18. The van der Waals surface area contributed by atoms with E-state index in [2.05, 4.69) is 20.9 Å². The molecule has 0 saturated carbocycles. The van der Waals surface area contributed by atoms with Crippen molar-refractivity contribution in [3.63, 3.8) is 0 Å². The summed E-state index contributed by atoms with van der Waals surface area (Å²) < 4.78 is 10.7. The molecule has 0 radical (unpaired) electrons. The van der Waals surface area contributed by atoms with Gasteiger partial charge in [0.1, 0.15) is 6.61 Å². The third-order valence-corrected chi connectivity index (χ3v) is 2.02. The predicted molar refractivity (Wildman–Crippen MR) is 53.7 cm³/mol. The molecule has 3 nitrogen and oxygen atoms in total. The van der Waals surface area contributed by atoms with E-state index in [4.69, 9.17) is 9.15 Å². The molecule has 0 unspecified atom stereocenters. The Hall–Kier alpha value is -0.350. The topological polar surface area (TPSA) is 35.3 Å². The Morgan fingerprint density at radius 1 is 1.54 bits per heavy atom. The van der Waals surface area contributed by atoms with E-state index in [9.17, 15) is 0 Å². The summed E-state index contributed by atoms with van der Waals surface area (Å²) in [5, 5.41) is 0.701. The fourth-order valence-corrected chi connectivity index (χ4v) is 1.26. The largest absolute Gasteiger partial charge is 0.446 e. The van der Waals surface area contributed by atoms with Gasteiger partial charge in [0.25, 0.3) is 0 Å². The molecule has 0 fully saturated rings.